The second kappa shape index (κ2) is 3.13. The molecule has 0 aliphatic heterocycles. The molecule has 0 saturated heterocycles. The number of rotatable bonds is 0. The summed E-state index contributed by atoms with van der Waals surface area (Å²) in [5, 5.41) is 2.80. The van der Waals surface area contributed by atoms with E-state index >= 15 is 0 Å². The van der Waals surface area contributed by atoms with Gasteiger partial charge in [-0.25, -0.2) is 0 Å². The molecule has 1 aliphatic carbocycles. The van der Waals surface area contributed by atoms with Gasteiger partial charge in [0.25, 0.3) is 0 Å². The van der Waals surface area contributed by atoms with Gasteiger partial charge in [0.2, 0.25) is 0 Å². The van der Waals surface area contributed by atoms with Crippen molar-refractivity contribution in [1.82, 2.24) is 4.57 Å². The fraction of sp³-hybridized carbons (Fsp3) is 0.467. The summed E-state index contributed by atoms with van der Waals surface area (Å²) < 4.78 is 2.33. The molecule has 1 nitrogen and oxygen atoms in total. The lowest BCUT2D eigenvalue weighted by molar-refractivity contribution is 0.399. The fourth-order valence-corrected chi connectivity index (χ4v) is 2.61. The third-order valence-corrected chi connectivity index (χ3v) is 3.63. The smallest absolute Gasteiger partial charge is 0.0356 e. The summed E-state index contributed by atoms with van der Waals surface area (Å²) in [6.07, 6.45) is 8.45. The Bertz CT molecular complexity index is 499. The van der Waals surface area contributed by atoms with Crippen LogP contribution in [0, 0.1) is 0 Å². The molecular weight excluding hydrogens is 194 g/mol. The highest BCUT2D eigenvalue weighted by molar-refractivity contribution is 5.84. The largest absolute Gasteiger partial charge is 0.348 e. The highest BCUT2D eigenvalue weighted by atomic mass is 15.0. The molecule has 1 heteroatoms. The predicted octanol–water partition coefficient (Wildman–Crippen LogP) is 3.89. The minimum absolute atomic E-state index is 0.184. The van der Waals surface area contributed by atoms with Gasteiger partial charge in [0.15, 0.2) is 0 Å². The number of aromatic nitrogens is 1. The molecule has 0 unspecified atom stereocenters. The molecule has 1 aliphatic rings. The van der Waals surface area contributed by atoms with Crippen LogP contribution in [-0.4, -0.2) is 4.57 Å². The van der Waals surface area contributed by atoms with E-state index in [1.807, 2.05) is 0 Å². The maximum atomic E-state index is 2.39. The minimum Gasteiger partial charge on any atom is -0.348 e. The van der Waals surface area contributed by atoms with E-state index in [1.54, 1.807) is 11.1 Å². The van der Waals surface area contributed by atoms with Crippen LogP contribution in [-0.2, 0) is 18.4 Å². The standard InChI is InChI=1S/C15H19N/c1-15(2,3)16-9-13-7-11-5-4-6-12(11)8-14(13)10-16/h7-10H,4-6H2,1-3H3. The van der Waals surface area contributed by atoms with Crippen LogP contribution in [0.2, 0.25) is 0 Å². The highest BCUT2D eigenvalue weighted by Gasteiger charge is 2.16. The van der Waals surface area contributed by atoms with Crippen molar-refractivity contribution in [1.29, 1.82) is 0 Å². The van der Waals surface area contributed by atoms with Gasteiger partial charge in [0.05, 0.1) is 0 Å². The van der Waals surface area contributed by atoms with Crippen molar-refractivity contribution in [3.8, 4) is 0 Å². The molecule has 0 N–H and O–H groups in total. The molecule has 2 aromatic rings. The number of benzene rings is 1. The second-order valence-electron chi connectivity index (χ2n) is 5.94. The Kier molecular flexibility index (Phi) is 1.95. The van der Waals surface area contributed by atoms with Gasteiger partial charge in [-0.2, -0.15) is 0 Å². The normalized spacial score (nSPS) is 15.7. The first-order valence-electron chi connectivity index (χ1n) is 6.18. The Morgan fingerprint density at radius 2 is 1.44 bits per heavy atom. The molecule has 0 bridgehead atoms. The average molecular weight is 213 g/mol. The molecule has 3 rings (SSSR count). The van der Waals surface area contributed by atoms with E-state index in [1.165, 1.54) is 30.0 Å². The van der Waals surface area contributed by atoms with E-state index in [9.17, 15) is 0 Å². The van der Waals surface area contributed by atoms with Crippen LogP contribution in [0.25, 0.3) is 10.8 Å². The molecule has 1 aromatic heterocycles. The topological polar surface area (TPSA) is 4.93 Å². The molecule has 0 atom stereocenters. The van der Waals surface area contributed by atoms with Crippen molar-refractivity contribution in [2.75, 3.05) is 0 Å². The van der Waals surface area contributed by atoms with Crippen molar-refractivity contribution in [2.24, 2.45) is 0 Å². The minimum atomic E-state index is 0.184. The zero-order chi connectivity index (χ0) is 11.3. The van der Waals surface area contributed by atoms with E-state index in [0.29, 0.717) is 0 Å². The summed E-state index contributed by atoms with van der Waals surface area (Å²) in [7, 11) is 0. The Morgan fingerprint density at radius 3 is 1.88 bits per heavy atom. The van der Waals surface area contributed by atoms with Crippen LogP contribution < -0.4 is 0 Å². The molecule has 0 amide bonds. The molecule has 1 aromatic carbocycles. The molecule has 0 fully saturated rings. The van der Waals surface area contributed by atoms with E-state index in [2.05, 4.69) is 49.9 Å². The van der Waals surface area contributed by atoms with Crippen LogP contribution in [0.1, 0.15) is 38.3 Å². The van der Waals surface area contributed by atoms with Crippen molar-refractivity contribution >= 4 is 10.8 Å². The van der Waals surface area contributed by atoms with Crippen LogP contribution >= 0.6 is 0 Å². The van der Waals surface area contributed by atoms with Crippen LogP contribution in [0.15, 0.2) is 24.5 Å². The molecule has 0 spiro atoms. The number of fused-ring (bicyclic) bond motifs is 2. The lowest BCUT2D eigenvalue weighted by atomic mass is 10.1. The number of nitrogens with zero attached hydrogens (tertiary/aromatic N) is 1. The zero-order valence-corrected chi connectivity index (χ0v) is 10.4. The Hall–Kier alpha value is -1.24. The van der Waals surface area contributed by atoms with Gasteiger partial charge in [0, 0.05) is 17.9 Å². The maximum absolute atomic E-state index is 2.39. The molecule has 84 valence electrons. The molecule has 0 saturated carbocycles. The van der Waals surface area contributed by atoms with Gasteiger partial charge in [-0.1, -0.05) is 0 Å². The fourth-order valence-electron chi connectivity index (χ4n) is 2.61. The van der Waals surface area contributed by atoms with Crippen molar-refractivity contribution in [3.63, 3.8) is 0 Å². The average Bonchev–Trinajstić information content (AvgIpc) is 2.75. The Balaban J connectivity index is 2.19. The van der Waals surface area contributed by atoms with Crippen molar-refractivity contribution < 1.29 is 0 Å². The summed E-state index contributed by atoms with van der Waals surface area (Å²) in [5.74, 6) is 0. The van der Waals surface area contributed by atoms with Crippen molar-refractivity contribution in [3.05, 3.63) is 35.7 Å². The monoisotopic (exact) mass is 213 g/mol. The SMILES string of the molecule is CC(C)(C)n1cc2cc3c(cc2c1)CCC3. The maximum Gasteiger partial charge on any atom is 0.0356 e. The highest BCUT2D eigenvalue weighted by Crippen LogP contribution is 2.29. The van der Waals surface area contributed by atoms with E-state index < -0.39 is 0 Å². The lowest BCUT2D eigenvalue weighted by Crippen LogP contribution is -2.19. The molecule has 16 heavy (non-hydrogen) atoms. The first kappa shape index (κ1) is 9.95. The van der Waals surface area contributed by atoms with E-state index in [0.717, 1.165) is 0 Å². The summed E-state index contributed by atoms with van der Waals surface area (Å²) in [5.41, 5.74) is 3.32. The third-order valence-electron chi connectivity index (χ3n) is 3.63. The summed E-state index contributed by atoms with van der Waals surface area (Å²) in [6.45, 7) is 6.75. The molecule has 1 heterocycles. The van der Waals surface area contributed by atoms with Gasteiger partial charge in [0.1, 0.15) is 0 Å². The predicted molar refractivity (Wildman–Crippen MR) is 69.0 cm³/mol. The zero-order valence-electron chi connectivity index (χ0n) is 10.4. The third kappa shape index (κ3) is 1.46. The van der Waals surface area contributed by atoms with Crippen LogP contribution in [0.5, 0.6) is 0 Å². The Labute approximate surface area is 97.1 Å². The van der Waals surface area contributed by atoms with Gasteiger partial charge in [-0.3, -0.25) is 0 Å². The number of hydrogen-bond donors (Lipinski definition) is 0. The van der Waals surface area contributed by atoms with Gasteiger partial charge in [-0.05, 0) is 74.1 Å². The van der Waals surface area contributed by atoms with Crippen molar-refractivity contribution in [2.45, 2.75) is 45.6 Å². The van der Waals surface area contributed by atoms with Crippen LogP contribution in [0.3, 0.4) is 0 Å². The van der Waals surface area contributed by atoms with Gasteiger partial charge in [-0.15, -0.1) is 0 Å². The van der Waals surface area contributed by atoms with Gasteiger partial charge < -0.3 is 4.57 Å². The van der Waals surface area contributed by atoms with E-state index in [4.69, 9.17) is 0 Å². The summed E-state index contributed by atoms with van der Waals surface area (Å²) in [6, 6.07) is 4.78. The Morgan fingerprint density at radius 1 is 0.938 bits per heavy atom. The first-order valence-corrected chi connectivity index (χ1v) is 6.18. The first-order chi connectivity index (χ1) is 7.54. The summed E-state index contributed by atoms with van der Waals surface area (Å²) in [4.78, 5) is 0. The number of hydrogen-bond acceptors (Lipinski definition) is 0. The number of aryl methyl sites for hydroxylation is 2. The molecule has 0 radical (unpaired) electrons. The van der Waals surface area contributed by atoms with Gasteiger partial charge >= 0.3 is 0 Å². The quantitative estimate of drug-likeness (QED) is 0.625. The second-order valence-corrected chi connectivity index (χ2v) is 5.94. The summed E-state index contributed by atoms with van der Waals surface area (Å²) >= 11 is 0. The lowest BCUT2D eigenvalue weighted by Gasteiger charge is -2.20. The van der Waals surface area contributed by atoms with E-state index in [-0.39, 0.29) is 5.54 Å². The van der Waals surface area contributed by atoms with Crippen LogP contribution in [0.4, 0.5) is 0 Å². The molecular formula is C15H19N.